The molecule has 0 bridgehead atoms. The SMILES string of the molecule is CCCC(Cl)CNC(=O)c1ccc(Br)c(Cl)c1. The van der Waals surface area contributed by atoms with E-state index in [4.69, 9.17) is 23.2 Å². The summed E-state index contributed by atoms with van der Waals surface area (Å²) in [4.78, 5) is 11.8. The zero-order valence-corrected chi connectivity index (χ0v) is 12.6. The number of hydrogen-bond donors (Lipinski definition) is 1. The fraction of sp³-hybridized carbons (Fsp3) is 0.417. The van der Waals surface area contributed by atoms with Gasteiger partial charge in [0.2, 0.25) is 0 Å². The molecule has 2 nitrogen and oxygen atoms in total. The van der Waals surface area contributed by atoms with Gasteiger partial charge in [-0.2, -0.15) is 0 Å². The van der Waals surface area contributed by atoms with Gasteiger partial charge in [0.25, 0.3) is 5.91 Å². The molecule has 0 radical (unpaired) electrons. The van der Waals surface area contributed by atoms with Crippen LogP contribution >= 0.6 is 39.1 Å². The van der Waals surface area contributed by atoms with Gasteiger partial charge in [-0.3, -0.25) is 4.79 Å². The smallest absolute Gasteiger partial charge is 0.251 e. The fourth-order valence-electron chi connectivity index (χ4n) is 1.36. The number of hydrogen-bond acceptors (Lipinski definition) is 1. The Kier molecular flexibility index (Phi) is 6.31. The summed E-state index contributed by atoms with van der Waals surface area (Å²) < 4.78 is 0.775. The van der Waals surface area contributed by atoms with E-state index in [0.717, 1.165) is 17.3 Å². The highest BCUT2D eigenvalue weighted by Gasteiger charge is 2.09. The number of amides is 1. The fourth-order valence-corrected chi connectivity index (χ4v) is 2.08. The quantitative estimate of drug-likeness (QED) is 0.799. The molecule has 0 fully saturated rings. The first-order chi connectivity index (χ1) is 8.04. The van der Waals surface area contributed by atoms with Crippen LogP contribution in [0.1, 0.15) is 30.1 Å². The van der Waals surface area contributed by atoms with E-state index in [0.29, 0.717) is 17.1 Å². The highest BCUT2D eigenvalue weighted by molar-refractivity contribution is 9.10. The van der Waals surface area contributed by atoms with Crippen molar-refractivity contribution < 1.29 is 4.79 Å². The molecule has 1 aromatic rings. The molecule has 1 N–H and O–H groups in total. The third-order valence-corrected chi connectivity index (χ3v) is 3.87. The molecule has 1 atom stereocenters. The summed E-state index contributed by atoms with van der Waals surface area (Å²) in [7, 11) is 0. The Morgan fingerprint density at radius 1 is 1.53 bits per heavy atom. The van der Waals surface area contributed by atoms with Gasteiger partial charge in [-0.1, -0.05) is 24.9 Å². The molecule has 0 spiro atoms. The van der Waals surface area contributed by atoms with Crippen molar-refractivity contribution in [3.8, 4) is 0 Å². The molecule has 5 heteroatoms. The van der Waals surface area contributed by atoms with E-state index in [2.05, 4.69) is 28.2 Å². The molecule has 0 aromatic heterocycles. The highest BCUT2D eigenvalue weighted by atomic mass is 79.9. The van der Waals surface area contributed by atoms with Gasteiger partial charge in [-0.25, -0.2) is 0 Å². The summed E-state index contributed by atoms with van der Waals surface area (Å²) in [6, 6.07) is 5.10. The first-order valence-electron chi connectivity index (χ1n) is 5.42. The van der Waals surface area contributed by atoms with Gasteiger partial charge in [-0.05, 0) is 40.5 Å². The number of halogens is 3. The molecule has 0 saturated carbocycles. The van der Waals surface area contributed by atoms with E-state index < -0.39 is 0 Å². The maximum atomic E-state index is 11.8. The number of rotatable bonds is 5. The van der Waals surface area contributed by atoms with Crippen molar-refractivity contribution in [2.75, 3.05) is 6.54 Å². The van der Waals surface area contributed by atoms with Crippen molar-refractivity contribution in [2.24, 2.45) is 0 Å². The molecule has 1 rings (SSSR count). The lowest BCUT2D eigenvalue weighted by Crippen LogP contribution is -2.29. The van der Waals surface area contributed by atoms with Gasteiger partial charge in [0, 0.05) is 16.6 Å². The number of carbonyl (C=O) groups is 1. The molecule has 0 aliphatic rings. The van der Waals surface area contributed by atoms with Crippen LogP contribution < -0.4 is 5.32 Å². The monoisotopic (exact) mass is 337 g/mol. The van der Waals surface area contributed by atoms with Crippen molar-refractivity contribution in [3.63, 3.8) is 0 Å². The van der Waals surface area contributed by atoms with Crippen LogP contribution in [0.25, 0.3) is 0 Å². The molecule has 0 heterocycles. The first kappa shape index (κ1) is 14.8. The number of benzene rings is 1. The zero-order chi connectivity index (χ0) is 12.8. The Morgan fingerprint density at radius 2 is 2.24 bits per heavy atom. The topological polar surface area (TPSA) is 29.1 Å². The largest absolute Gasteiger partial charge is 0.351 e. The predicted molar refractivity (Wildman–Crippen MR) is 76.0 cm³/mol. The van der Waals surface area contributed by atoms with Crippen LogP contribution in [0.2, 0.25) is 5.02 Å². The molecular weight excluding hydrogens is 325 g/mol. The van der Waals surface area contributed by atoms with Crippen LogP contribution in [0, 0.1) is 0 Å². The van der Waals surface area contributed by atoms with Crippen LogP contribution in [0.15, 0.2) is 22.7 Å². The lowest BCUT2D eigenvalue weighted by Gasteiger charge is -2.10. The van der Waals surface area contributed by atoms with Gasteiger partial charge < -0.3 is 5.32 Å². The van der Waals surface area contributed by atoms with Crippen LogP contribution in [-0.2, 0) is 0 Å². The van der Waals surface area contributed by atoms with Crippen LogP contribution in [0.5, 0.6) is 0 Å². The molecule has 0 saturated heterocycles. The number of alkyl halides is 1. The van der Waals surface area contributed by atoms with E-state index in [1.807, 2.05) is 0 Å². The van der Waals surface area contributed by atoms with E-state index in [9.17, 15) is 4.79 Å². The Hall–Kier alpha value is -0.250. The first-order valence-corrected chi connectivity index (χ1v) is 7.02. The summed E-state index contributed by atoms with van der Waals surface area (Å²) in [6.07, 6.45) is 1.90. The average Bonchev–Trinajstić information content (AvgIpc) is 2.30. The maximum Gasteiger partial charge on any atom is 0.251 e. The number of carbonyl (C=O) groups excluding carboxylic acids is 1. The predicted octanol–water partition coefficient (Wildman–Crippen LogP) is 4.24. The molecule has 1 unspecified atom stereocenters. The van der Waals surface area contributed by atoms with E-state index >= 15 is 0 Å². The molecule has 17 heavy (non-hydrogen) atoms. The van der Waals surface area contributed by atoms with Crippen LogP contribution in [0.4, 0.5) is 0 Å². The minimum Gasteiger partial charge on any atom is -0.351 e. The van der Waals surface area contributed by atoms with Crippen molar-refractivity contribution in [1.82, 2.24) is 5.32 Å². The normalized spacial score (nSPS) is 12.2. The van der Waals surface area contributed by atoms with Crippen molar-refractivity contribution in [2.45, 2.75) is 25.1 Å². The second-order valence-electron chi connectivity index (χ2n) is 3.72. The Morgan fingerprint density at radius 3 is 2.82 bits per heavy atom. The zero-order valence-electron chi connectivity index (χ0n) is 9.47. The third-order valence-electron chi connectivity index (χ3n) is 2.27. The summed E-state index contributed by atoms with van der Waals surface area (Å²) in [5.41, 5.74) is 0.540. The summed E-state index contributed by atoms with van der Waals surface area (Å²) in [5, 5.41) is 3.29. The van der Waals surface area contributed by atoms with E-state index in [1.54, 1.807) is 18.2 Å². The van der Waals surface area contributed by atoms with Crippen LogP contribution in [-0.4, -0.2) is 17.8 Å². The molecule has 0 aliphatic heterocycles. The standard InChI is InChI=1S/C12H14BrCl2NO/c1-2-3-9(14)7-16-12(17)8-4-5-10(13)11(15)6-8/h4-6,9H,2-3,7H2,1H3,(H,16,17). The van der Waals surface area contributed by atoms with Crippen LogP contribution in [0.3, 0.4) is 0 Å². The minimum atomic E-state index is -0.152. The summed E-state index contributed by atoms with van der Waals surface area (Å²) >= 11 is 15.2. The lowest BCUT2D eigenvalue weighted by molar-refractivity contribution is 0.0953. The second kappa shape index (κ2) is 7.24. The minimum absolute atomic E-state index is 0.0186. The van der Waals surface area contributed by atoms with E-state index in [-0.39, 0.29) is 11.3 Å². The molecular formula is C12H14BrCl2NO. The molecule has 1 amide bonds. The Bertz CT molecular complexity index is 398. The van der Waals surface area contributed by atoms with Gasteiger partial charge >= 0.3 is 0 Å². The third kappa shape index (κ3) is 4.86. The summed E-state index contributed by atoms with van der Waals surface area (Å²) in [6.45, 7) is 2.54. The molecule has 0 aliphatic carbocycles. The van der Waals surface area contributed by atoms with Gasteiger partial charge in [0.15, 0.2) is 0 Å². The van der Waals surface area contributed by atoms with Crippen molar-refractivity contribution in [1.29, 1.82) is 0 Å². The average molecular weight is 339 g/mol. The van der Waals surface area contributed by atoms with Gasteiger partial charge in [0.05, 0.1) is 10.4 Å². The maximum absolute atomic E-state index is 11.8. The lowest BCUT2D eigenvalue weighted by atomic mass is 10.2. The number of nitrogens with one attached hydrogen (secondary N) is 1. The molecule has 94 valence electrons. The highest BCUT2D eigenvalue weighted by Crippen LogP contribution is 2.23. The second-order valence-corrected chi connectivity index (χ2v) is 5.60. The Balaban J connectivity index is 2.55. The Labute approximate surface area is 120 Å². The summed E-state index contributed by atoms with van der Waals surface area (Å²) in [5.74, 6) is -0.152. The van der Waals surface area contributed by atoms with E-state index in [1.165, 1.54) is 0 Å². The van der Waals surface area contributed by atoms with Crippen molar-refractivity contribution >= 4 is 45.0 Å². The van der Waals surface area contributed by atoms with Crippen molar-refractivity contribution in [3.05, 3.63) is 33.3 Å². The molecule has 1 aromatic carbocycles. The van der Waals surface area contributed by atoms with Gasteiger partial charge in [-0.15, -0.1) is 11.6 Å². The van der Waals surface area contributed by atoms with Gasteiger partial charge in [0.1, 0.15) is 0 Å².